The van der Waals surface area contributed by atoms with E-state index in [2.05, 4.69) is 31.8 Å². The second kappa shape index (κ2) is 7.38. The van der Waals surface area contributed by atoms with Gasteiger partial charge in [0.15, 0.2) is 5.11 Å². The number of benzene rings is 2. The smallest absolute Gasteiger partial charge is 0.191 e. The number of hydrogen-bond donors (Lipinski definition) is 2. The van der Waals surface area contributed by atoms with Crippen molar-refractivity contribution >= 4 is 56.8 Å². The molecule has 0 atom stereocenters. The molecule has 2 N–H and O–H groups in total. The average Bonchev–Trinajstić information content (AvgIpc) is 2.38. The van der Waals surface area contributed by atoms with Crippen molar-refractivity contribution in [3.05, 3.63) is 63.6 Å². The highest BCUT2D eigenvalue weighted by Gasteiger charge is 1.96. The summed E-state index contributed by atoms with van der Waals surface area (Å²) in [5.41, 5.74) is 4.53. The maximum atomic E-state index is 5.89. The van der Waals surface area contributed by atoms with Gasteiger partial charge in [0.2, 0.25) is 0 Å². The van der Waals surface area contributed by atoms with Gasteiger partial charge in [-0.3, -0.25) is 5.43 Å². The fourth-order valence-corrected chi connectivity index (χ4v) is 2.26. The van der Waals surface area contributed by atoms with Crippen molar-refractivity contribution in [1.29, 1.82) is 0 Å². The lowest BCUT2D eigenvalue weighted by Crippen LogP contribution is -2.23. The minimum absolute atomic E-state index is 0.401. The number of anilines is 1. The summed E-state index contributed by atoms with van der Waals surface area (Å²) in [6, 6.07) is 15.1. The van der Waals surface area contributed by atoms with Crippen LogP contribution in [0.2, 0.25) is 5.02 Å². The molecule has 0 saturated carbocycles. The van der Waals surface area contributed by atoms with Gasteiger partial charge in [-0.05, 0) is 48.1 Å². The number of nitrogens with one attached hydrogen (secondary N) is 2. The van der Waals surface area contributed by atoms with E-state index >= 15 is 0 Å². The van der Waals surface area contributed by atoms with Gasteiger partial charge in [-0.1, -0.05) is 45.7 Å². The lowest BCUT2D eigenvalue weighted by Gasteiger charge is -2.06. The van der Waals surface area contributed by atoms with Crippen LogP contribution in [0.25, 0.3) is 0 Å². The van der Waals surface area contributed by atoms with Crippen molar-refractivity contribution in [2.45, 2.75) is 0 Å². The number of thiocarbonyl (C=S) groups is 1. The summed E-state index contributed by atoms with van der Waals surface area (Å²) in [6.07, 6.45) is 1.69. The Morgan fingerprint density at radius 2 is 2.00 bits per heavy atom. The predicted octanol–water partition coefficient (Wildman–Crippen LogP) is 4.42. The van der Waals surface area contributed by atoms with Crippen LogP contribution >= 0.6 is 39.7 Å². The molecule has 20 heavy (non-hydrogen) atoms. The molecular formula is C14H11BrClN3S. The molecule has 0 spiro atoms. The Balaban J connectivity index is 1.89. The molecule has 0 aliphatic rings. The molecule has 0 amide bonds. The Kier molecular flexibility index (Phi) is 5.52. The molecule has 2 aromatic carbocycles. The van der Waals surface area contributed by atoms with E-state index in [1.54, 1.807) is 18.3 Å². The molecule has 2 rings (SSSR count). The standard InChI is InChI=1S/C14H11BrClN3S/c15-11-4-1-3-10(7-11)9-17-19-14(20)18-13-6-2-5-12(16)8-13/h1-9H,(H2,18,19,20)/b17-9+. The Hall–Kier alpha value is -1.43. The normalized spacial score (nSPS) is 10.5. The van der Waals surface area contributed by atoms with Crippen LogP contribution in [0.5, 0.6) is 0 Å². The number of halogens is 2. The largest absolute Gasteiger partial charge is 0.331 e. The zero-order valence-corrected chi connectivity index (χ0v) is 13.5. The maximum absolute atomic E-state index is 5.89. The van der Waals surface area contributed by atoms with Crippen LogP contribution in [0.15, 0.2) is 58.1 Å². The van der Waals surface area contributed by atoms with Crippen molar-refractivity contribution in [1.82, 2.24) is 5.43 Å². The molecule has 0 aliphatic heterocycles. The highest BCUT2D eigenvalue weighted by molar-refractivity contribution is 9.10. The number of hydrogen-bond acceptors (Lipinski definition) is 2. The monoisotopic (exact) mass is 367 g/mol. The molecule has 6 heteroatoms. The Labute approximate surface area is 136 Å². The molecule has 0 aliphatic carbocycles. The second-order valence-electron chi connectivity index (χ2n) is 3.89. The first kappa shape index (κ1) is 15.0. The van der Waals surface area contributed by atoms with E-state index in [-0.39, 0.29) is 0 Å². The zero-order valence-electron chi connectivity index (χ0n) is 10.3. The molecule has 0 fully saturated rings. The summed E-state index contributed by atoms with van der Waals surface area (Å²) in [5.74, 6) is 0. The maximum Gasteiger partial charge on any atom is 0.191 e. The summed E-state index contributed by atoms with van der Waals surface area (Å²) in [7, 11) is 0. The number of hydrazone groups is 1. The van der Waals surface area contributed by atoms with E-state index in [0.29, 0.717) is 10.1 Å². The van der Waals surface area contributed by atoms with Crippen LogP contribution in [0.1, 0.15) is 5.56 Å². The number of nitrogens with zero attached hydrogens (tertiary/aromatic N) is 1. The highest BCUT2D eigenvalue weighted by atomic mass is 79.9. The van der Waals surface area contributed by atoms with Crippen molar-refractivity contribution in [2.75, 3.05) is 5.32 Å². The quantitative estimate of drug-likeness (QED) is 0.478. The van der Waals surface area contributed by atoms with E-state index < -0.39 is 0 Å². The van der Waals surface area contributed by atoms with Gasteiger partial charge in [-0.2, -0.15) is 5.10 Å². The third-order valence-corrected chi connectivity index (χ3v) is 3.23. The molecular weight excluding hydrogens is 358 g/mol. The molecule has 3 nitrogen and oxygen atoms in total. The molecule has 0 aromatic heterocycles. The number of rotatable bonds is 3. The Bertz CT molecular complexity index is 646. The van der Waals surface area contributed by atoms with E-state index in [1.165, 1.54) is 0 Å². The molecule has 102 valence electrons. The second-order valence-corrected chi connectivity index (χ2v) is 5.65. The highest BCUT2D eigenvalue weighted by Crippen LogP contribution is 2.14. The van der Waals surface area contributed by atoms with E-state index in [0.717, 1.165) is 15.7 Å². The van der Waals surface area contributed by atoms with E-state index in [4.69, 9.17) is 23.8 Å². The van der Waals surface area contributed by atoms with Gasteiger partial charge in [-0.15, -0.1) is 0 Å². The molecule has 2 aromatic rings. The van der Waals surface area contributed by atoms with E-state index in [9.17, 15) is 0 Å². The summed E-state index contributed by atoms with van der Waals surface area (Å²) in [5, 5.41) is 8.11. The van der Waals surface area contributed by atoms with Gasteiger partial charge in [0.25, 0.3) is 0 Å². The van der Waals surface area contributed by atoms with Gasteiger partial charge in [0.05, 0.1) is 6.21 Å². The van der Waals surface area contributed by atoms with Crippen molar-refractivity contribution < 1.29 is 0 Å². The van der Waals surface area contributed by atoms with Crippen LogP contribution in [0.4, 0.5) is 5.69 Å². The summed E-state index contributed by atoms with van der Waals surface area (Å²) in [6.45, 7) is 0. The minimum Gasteiger partial charge on any atom is -0.331 e. The zero-order chi connectivity index (χ0) is 14.4. The first-order chi connectivity index (χ1) is 9.63. The summed E-state index contributed by atoms with van der Waals surface area (Å²) < 4.78 is 1.00. The fourth-order valence-electron chi connectivity index (χ4n) is 1.48. The lowest BCUT2D eigenvalue weighted by molar-refractivity contribution is 1.05. The average molecular weight is 369 g/mol. The minimum atomic E-state index is 0.401. The van der Waals surface area contributed by atoms with Gasteiger partial charge in [-0.25, -0.2) is 0 Å². The Morgan fingerprint density at radius 1 is 1.20 bits per heavy atom. The molecule has 0 heterocycles. The topological polar surface area (TPSA) is 36.4 Å². The Morgan fingerprint density at radius 3 is 2.75 bits per heavy atom. The molecule has 0 bridgehead atoms. The van der Waals surface area contributed by atoms with Gasteiger partial charge in [0.1, 0.15) is 0 Å². The van der Waals surface area contributed by atoms with Gasteiger partial charge >= 0.3 is 0 Å². The fraction of sp³-hybridized carbons (Fsp3) is 0. The SMILES string of the molecule is S=C(N/N=C/c1cccc(Br)c1)Nc1cccc(Cl)c1. The van der Waals surface area contributed by atoms with E-state index in [1.807, 2.05) is 36.4 Å². The first-order valence-corrected chi connectivity index (χ1v) is 7.32. The van der Waals surface area contributed by atoms with Crippen LogP contribution in [-0.4, -0.2) is 11.3 Å². The molecule has 0 radical (unpaired) electrons. The van der Waals surface area contributed by atoms with Crippen LogP contribution < -0.4 is 10.7 Å². The van der Waals surface area contributed by atoms with Gasteiger partial charge < -0.3 is 5.32 Å². The van der Waals surface area contributed by atoms with Crippen LogP contribution in [0, 0.1) is 0 Å². The lowest BCUT2D eigenvalue weighted by atomic mass is 10.2. The first-order valence-electron chi connectivity index (χ1n) is 5.75. The van der Waals surface area contributed by atoms with Gasteiger partial charge in [0, 0.05) is 15.2 Å². The third kappa shape index (κ3) is 4.92. The van der Waals surface area contributed by atoms with Crippen molar-refractivity contribution in [3.63, 3.8) is 0 Å². The third-order valence-electron chi connectivity index (χ3n) is 2.31. The van der Waals surface area contributed by atoms with Crippen LogP contribution in [-0.2, 0) is 0 Å². The van der Waals surface area contributed by atoms with Crippen molar-refractivity contribution in [3.8, 4) is 0 Å². The summed E-state index contributed by atoms with van der Waals surface area (Å²) in [4.78, 5) is 0. The molecule has 0 saturated heterocycles. The van der Waals surface area contributed by atoms with Crippen LogP contribution in [0.3, 0.4) is 0 Å². The summed E-state index contributed by atoms with van der Waals surface area (Å²) >= 11 is 14.4. The van der Waals surface area contributed by atoms with Crippen molar-refractivity contribution in [2.24, 2.45) is 5.10 Å². The molecule has 0 unspecified atom stereocenters. The predicted molar refractivity (Wildman–Crippen MR) is 92.5 cm³/mol.